The Morgan fingerprint density at radius 1 is 0.848 bits per heavy atom. The van der Waals surface area contributed by atoms with Crippen molar-refractivity contribution in [1.29, 1.82) is 0 Å². The number of hydrogen-bond donors (Lipinski definition) is 1. The fourth-order valence-corrected chi connectivity index (χ4v) is 3.41. The highest BCUT2D eigenvalue weighted by molar-refractivity contribution is 6.31. The minimum absolute atomic E-state index is 0.330. The predicted molar refractivity (Wildman–Crippen MR) is 129 cm³/mol. The summed E-state index contributed by atoms with van der Waals surface area (Å²) in [5, 5.41) is 2.92. The Bertz CT molecular complexity index is 1090. The van der Waals surface area contributed by atoms with Crippen molar-refractivity contribution >= 4 is 22.7 Å². The van der Waals surface area contributed by atoms with Crippen molar-refractivity contribution in [2.24, 2.45) is 0 Å². The lowest BCUT2D eigenvalue weighted by atomic mass is 9.92. The number of nitrogens with zero attached hydrogens (tertiary/aromatic N) is 1. The number of likely N-dealkylation sites (N-methyl/N-ethyl adjacent to an activating group) is 1. The molecule has 0 atom stereocenters. The van der Waals surface area contributed by atoms with Gasteiger partial charge in [-0.1, -0.05) is 31.2 Å². The topological polar surface area (TPSA) is 41.6 Å². The molecule has 3 aromatic carbocycles. The van der Waals surface area contributed by atoms with Crippen molar-refractivity contribution in [2.75, 3.05) is 32.6 Å². The molecule has 0 saturated heterocycles. The van der Waals surface area contributed by atoms with Crippen LogP contribution in [0.15, 0.2) is 72.8 Å². The van der Waals surface area contributed by atoms with E-state index in [1.54, 1.807) is 48.5 Å². The van der Waals surface area contributed by atoms with E-state index in [1.807, 2.05) is 25.9 Å². The number of carbonyl (C=O) groups excluding carboxylic acids is 1. The standard InChI is InChI=1S/C27H28F2N2O2/c1-4-25(19-5-9-21(28)10-6-19)26(20-7-11-22(29)12-8-20)27(32)30-23-13-15-24(16-14-23)33-18-17-31(2)3/h5-16H,4,17-18H2,1-3H3,(H,30,32). The molecule has 1 amide bonds. The molecule has 0 aliphatic carbocycles. The first-order valence-corrected chi connectivity index (χ1v) is 10.8. The number of hydrogen-bond acceptors (Lipinski definition) is 3. The van der Waals surface area contributed by atoms with Crippen LogP contribution in [0.2, 0.25) is 0 Å². The summed E-state index contributed by atoms with van der Waals surface area (Å²) in [7, 11) is 3.95. The fourth-order valence-electron chi connectivity index (χ4n) is 3.41. The van der Waals surface area contributed by atoms with E-state index >= 15 is 0 Å². The minimum Gasteiger partial charge on any atom is -0.492 e. The maximum atomic E-state index is 13.5. The highest BCUT2D eigenvalue weighted by Gasteiger charge is 2.19. The minimum atomic E-state index is -0.386. The second-order valence-electron chi connectivity index (χ2n) is 7.85. The second kappa shape index (κ2) is 11.4. The lowest BCUT2D eigenvalue weighted by Gasteiger charge is -2.16. The van der Waals surface area contributed by atoms with E-state index in [1.165, 1.54) is 24.3 Å². The molecule has 0 spiro atoms. The van der Waals surface area contributed by atoms with Crippen LogP contribution in [0.25, 0.3) is 11.1 Å². The molecular weight excluding hydrogens is 422 g/mol. The third-order valence-corrected chi connectivity index (χ3v) is 5.13. The van der Waals surface area contributed by atoms with Crippen LogP contribution in [-0.2, 0) is 4.79 Å². The van der Waals surface area contributed by atoms with Crippen molar-refractivity contribution in [2.45, 2.75) is 13.3 Å². The number of halogens is 2. The Labute approximate surface area is 193 Å². The van der Waals surface area contributed by atoms with Crippen LogP contribution in [0.3, 0.4) is 0 Å². The molecule has 0 aromatic heterocycles. The molecule has 33 heavy (non-hydrogen) atoms. The summed E-state index contributed by atoms with van der Waals surface area (Å²) in [5.41, 5.74) is 3.07. The van der Waals surface area contributed by atoms with Crippen LogP contribution in [0, 0.1) is 11.6 Å². The zero-order valence-corrected chi connectivity index (χ0v) is 19.1. The van der Waals surface area contributed by atoms with Gasteiger partial charge in [0.2, 0.25) is 0 Å². The van der Waals surface area contributed by atoms with Crippen LogP contribution in [0.4, 0.5) is 14.5 Å². The number of anilines is 1. The summed E-state index contributed by atoms with van der Waals surface area (Å²) in [6.45, 7) is 3.29. The number of benzene rings is 3. The predicted octanol–water partition coefficient (Wildman–Crippen LogP) is 5.86. The van der Waals surface area contributed by atoms with E-state index in [9.17, 15) is 13.6 Å². The average molecular weight is 451 g/mol. The molecule has 0 unspecified atom stereocenters. The lowest BCUT2D eigenvalue weighted by molar-refractivity contribution is -0.111. The molecule has 0 heterocycles. The molecular formula is C27H28F2N2O2. The highest BCUT2D eigenvalue weighted by Crippen LogP contribution is 2.31. The summed E-state index contributed by atoms with van der Waals surface area (Å²) in [6, 6.07) is 18.9. The highest BCUT2D eigenvalue weighted by atomic mass is 19.1. The van der Waals surface area contributed by atoms with Gasteiger partial charge in [0.15, 0.2) is 0 Å². The zero-order valence-electron chi connectivity index (χ0n) is 19.1. The van der Waals surface area contributed by atoms with E-state index in [0.29, 0.717) is 35.6 Å². The van der Waals surface area contributed by atoms with Gasteiger partial charge < -0.3 is 15.0 Å². The first-order chi connectivity index (χ1) is 15.9. The molecule has 0 aliphatic heterocycles. The molecule has 0 saturated carbocycles. The molecule has 0 bridgehead atoms. The fraction of sp³-hybridized carbons (Fsp3) is 0.222. The Hall–Kier alpha value is -3.51. The Morgan fingerprint density at radius 2 is 1.39 bits per heavy atom. The number of rotatable bonds is 9. The molecule has 1 N–H and O–H groups in total. The molecule has 4 nitrogen and oxygen atoms in total. The summed E-state index contributed by atoms with van der Waals surface area (Å²) < 4.78 is 32.7. The first-order valence-electron chi connectivity index (χ1n) is 10.8. The summed E-state index contributed by atoms with van der Waals surface area (Å²) in [6.07, 6.45) is 0.532. The average Bonchev–Trinajstić information content (AvgIpc) is 2.80. The number of nitrogens with one attached hydrogen (secondary N) is 1. The van der Waals surface area contributed by atoms with E-state index in [0.717, 1.165) is 17.7 Å². The first kappa shape index (κ1) is 24.1. The van der Waals surface area contributed by atoms with Gasteiger partial charge >= 0.3 is 0 Å². The number of allylic oxidation sites excluding steroid dienone is 1. The van der Waals surface area contributed by atoms with Crippen molar-refractivity contribution in [3.8, 4) is 5.75 Å². The lowest BCUT2D eigenvalue weighted by Crippen LogP contribution is -2.19. The maximum Gasteiger partial charge on any atom is 0.256 e. The normalized spacial score (nSPS) is 11.8. The molecule has 172 valence electrons. The summed E-state index contributed by atoms with van der Waals surface area (Å²) in [4.78, 5) is 15.4. The van der Waals surface area contributed by atoms with E-state index in [2.05, 4.69) is 5.32 Å². The molecule has 6 heteroatoms. The monoisotopic (exact) mass is 450 g/mol. The maximum absolute atomic E-state index is 13.5. The SMILES string of the molecule is CCC(=C(C(=O)Nc1ccc(OCCN(C)C)cc1)c1ccc(F)cc1)c1ccc(F)cc1. The Balaban J connectivity index is 1.90. The molecule has 3 rings (SSSR count). The Kier molecular flexibility index (Phi) is 8.33. The van der Waals surface area contributed by atoms with Gasteiger partial charge in [-0.15, -0.1) is 0 Å². The summed E-state index contributed by atoms with van der Waals surface area (Å²) >= 11 is 0. The van der Waals surface area contributed by atoms with Gasteiger partial charge in [0, 0.05) is 12.2 Å². The Morgan fingerprint density at radius 3 is 1.91 bits per heavy atom. The van der Waals surface area contributed by atoms with Crippen molar-refractivity contribution in [3.63, 3.8) is 0 Å². The third-order valence-electron chi connectivity index (χ3n) is 5.13. The van der Waals surface area contributed by atoms with Gasteiger partial charge in [-0.25, -0.2) is 8.78 Å². The van der Waals surface area contributed by atoms with Crippen molar-refractivity contribution in [3.05, 3.63) is 95.6 Å². The number of carbonyl (C=O) groups is 1. The van der Waals surface area contributed by atoms with E-state index in [4.69, 9.17) is 4.74 Å². The molecule has 3 aromatic rings. The van der Waals surface area contributed by atoms with Crippen molar-refractivity contribution in [1.82, 2.24) is 4.90 Å². The number of ether oxygens (including phenoxy) is 1. The van der Waals surface area contributed by atoms with Crippen LogP contribution in [0.5, 0.6) is 5.75 Å². The third kappa shape index (κ3) is 6.73. The largest absolute Gasteiger partial charge is 0.492 e. The van der Waals surface area contributed by atoms with Gasteiger partial charge in [0.25, 0.3) is 5.91 Å². The van der Waals surface area contributed by atoms with Crippen LogP contribution in [-0.4, -0.2) is 38.1 Å². The van der Waals surface area contributed by atoms with Gasteiger partial charge in [-0.2, -0.15) is 0 Å². The van der Waals surface area contributed by atoms with Crippen LogP contribution >= 0.6 is 0 Å². The molecule has 0 radical (unpaired) electrons. The van der Waals surface area contributed by atoms with Gasteiger partial charge in [-0.05, 0) is 85.7 Å². The van der Waals surface area contributed by atoms with Gasteiger partial charge in [-0.3, -0.25) is 4.79 Å². The van der Waals surface area contributed by atoms with Gasteiger partial charge in [0.1, 0.15) is 24.0 Å². The quantitative estimate of drug-likeness (QED) is 0.328. The zero-order chi connectivity index (χ0) is 23.8. The van der Waals surface area contributed by atoms with Crippen LogP contribution < -0.4 is 10.1 Å². The van der Waals surface area contributed by atoms with Crippen LogP contribution in [0.1, 0.15) is 24.5 Å². The van der Waals surface area contributed by atoms with E-state index in [-0.39, 0.29) is 17.5 Å². The smallest absolute Gasteiger partial charge is 0.256 e. The summed E-state index contributed by atoms with van der Waals surface area (Å²) in [5.74, 6) is -0.355. The molecule has 0 aliphatic rings. The molecule has 0 fully saturated rings. The van der Waals surface area contributed by atoms with E-state index < -0.39 is 0 Å². The van der Waals surface area contributed by atoms with Gasteiger partial charge in [0.05, 0.1) is 5.57 Å². The second-order valence-corrected chi connectivity index (χ2v) is 7.85. The van der Waals surface area contributed by atoms with Crippen molar-refractivity contribution < 1.29 is 18.3 Å². The number of amides is 1.